The monoisotopic (exact) mass is 362 g/mol. The topological polar surface area (TPSA) is 69.6 Å². The van der Waals surface area contributed by atoms with Gasteiger partial charge in [0, 0.05) is 10.0 Å². The number of benzene rings is 1. The maximum atomic E-state index is 12.2. The highest BCUT2D eigenvalue weighted by Crippen LogP contribution is 2.26. The van der Waals surface area contributed by atoms with Gasteiger partial charge in [-0.15, -0.1) is 0 Å². The quantitative estimate of drug-likeness (QED) is 0.857. The molecule has 7 heteroatoms. The van der Waals surface area contributed by atoms with Gasteiger partial charge in [-0.05, 0) is 39.0 Å². The number of carbonyl (C=O) groups is 2. The molecule has 0 heterocycles. The molecule has 5 nitrogen and oxygen atoms in total. The summed E-state index contributed by atoms with van der Waals surface area (Å²) in [4.78, 5) is 24.3. The van der Waals surface area contributed by atoms with Crippen LogP contribution in [-0.4, -0.2) is 34.1 Å². The minimum Gasteiger partial charge on any atom is -0.480 e. The van der Waals surface area contributed by atoms with Crippen molar-refractivity contribution in [3.8, 4) is 0 Å². The second-order valence-electron chi connectivity index (χ2n) is 5.21. The van der Waals surface area contributed by atoms with Gasteiger partial charge in [-0.3, -0.25) is 4.79 Å². The highest BCUT2D eigenvalue weighted by Gasteiger charge is 2.28. The molecule has 0 saturated heterocycles. The molecule has 0 aliphatic carbocycles. The first-order chi connectivity index (χ1) is 9.11. The van der Waals surface area contributed by atoms with Crippen LogP contribution in [0.2, 0.25) is 5.02 Å². The Morgan fingerprint density at radius 1 is 1.40 bits per heavy atom. The van der Waals surface area contributed by atoms with E-state index in [1.54, 1.807) is 39.0 Å². The van der Waals surface area contributed by atoms with E-state index in [4.69, 9.17) is 16.7 Å². The second-order valence-corrected chi connectivity index (χ2v) is 6.53. The van der Waals surface area contributed by atoms with Crippen LogP contribution in [-0.2, 0) is 4.79 Å². The standard InChI is InChI=1S/C13H16BrClN2O3/c1-13(2,3)17(7-11(18)19)12(20)16-10-5-4-8(14)6-9(10)15/h4-6H,7H2,1-3H3,(H,16,20)(H,18,19). The van der Waals surface area contributed by atoms with Crippen molar-refractivity contribution in [3.05, 3.63) is 27.7 Å². The van der Waals surface area contributed by atoms with E-state index in [0.717, 1.165) is 4.47 Å². The molecule has 1 aromatic rings. The predicted molar refractivity (Wildman–Crippen MR) is 82.3 cm³/mol. The van der Waals surface area contributed by atoms with Crippen LogP contribution in [0.15, 0.2) is 22.7 Å². The Kier molecular flexibility index (Phi) is 5.42. The van der Waals surface area contributed by atoms with Gasteiger partial charge in [0.2, 0.25) is 0 Å². The Balaban J connectivity index is 2.93. The Bertz CT molecular complexity index is 529. The summed E-state index contributed by atoms with van der Waals surface area (Å²) in [6, 6.07) is 4.52. The zero-order chi connectivity index (χ0) is 15.5. The van der Waals surface area contributed by atoms with Gasteiger partial charge in [0.15, 0.2) is 0 Å². The number of anilines is 1. The number of aliphatic carboxylic acids is 1. The number of nitrogens with one attached hydrogen (secondary N) is 1. The third kappa shape index (κ3) is 4.68. The highest BCUT2D eigenvalue weighted by atomic mass is 79.9. The van der Waals surface area contributed by atoms with Crippen LogP contribution in [0.1, 0.15) is 20.8 Å². The summed E-state index contributed by atoms with van der Waals surface area (Å²) in [6.07, 6.45) is 0. The van der Waals surface area contributed by atoms with Gasteiger partial charge in [-0.1, -0.05) is 27.5 Å². The molecule has 0 radical (unpaired) electrons. The molecule has 2 amide bonds. The van der Waals surface area contributed by atoms with E-state index in [1.807, 2.05) is 0 Å². The van der Waals surface area contributed by atoms with Gasteiger partial charge in [0.05, 0.1) is 10.7 Å². The first-order valence-electron chi connectivity index (χ1n) is 5.86. The van der Waals surface area contributed by atoms with E-state index in [1.165, 1.54) is 4.90 Å². The third-order valence-electron chi connectivity index (χ3n) is 2.52. The lowest BCUT2D eigenvalue weighted by atomic mass is 10.1. The fraction of sp³-hybridized carbons (Fsp3) is 0.385. The smallest absolute Gasteiger partial charge is 0.323 e. The Morgan fingerprint density at radius 2 is 2.00 bits per heavy atom. The zero-order valence-electron chi connectivity index (χ0n) is 11.4. The lowest BCUT2D eigenvalue weighted by Gasteiger charge is -2.34. The number of urea groups is 1. The Hall–Kier alpha value is -1.27. The summed E-state index contributed by atoms with van der Waals surface area (Å²) in [5.41, 5.74) is -0.191. The van der Waals surface area contributed by atoms with E-state index < -0.39 is 17.5 Å². The number of halogens is 2. The fourth-order valence-electron chi connectivity index (χ4n) is 1.52. The van der Waals surface area contributed by atoms with Gasteiger partial charge in [0.25, 0.3) is 0 Å². The Morgan fingerprint density at radius 3 is 2.45 bits per heavy atom. The van der Waals surface area contributed by atoms with E-state index in [2.05, 4.69) is 21.2 Å². The number of nitrogens with zero attached hydrogens (tertiary/aromatic N) is 1. The first kappa shape index (κ1) is 16.8. The number of rotatable bonds is 3. The van der Waals surface area contributed by atoms with Gasteiger partial charge in [-0.2, -0.15) is 0 Å². The average Bonchev–Trinajstić information content (AvgIpc) is 2.28. The molecule has 0 aliphatic rings. The lowest BCUT2D eigenvalue weighted by Crippen LogP contribution is -2.50. The molecule has 2 N–H and O–H groups in total. The second kappa shape index (κ2) is 6.45. The van der Waals surface area contributed by atoms with Gasteiger partial charge >= 0.3 is 12.0 Å². The lowest BCUT2D eigenvalue weighted by molar-refractivity contribution is -0.138. The van der Waals surface area contributed by atoms with E-state index in [0.29, 0.717) is 10.7 Å². The number of amides is 2. The van der Waals surface area contributed by atoms with Crippen molar-refractivity contribution >= 4 is 45.2 Å². The van der Waals surface area contributed by atoms with Crippen molar-refractivity contribution in [2.75, 3.05) is 11.9 Å². The fourth-order valence-corrected chi connectivity index (χ4v) is 2.24. The molecular weight excluding hydrogens is 348 g/mol. The zero-order valence-corrected chi connectivity index (χ0v) is 13.7. The van der Waals surface area contributed by atoms with E-state index >= 15 is 0 Å². The van der Waals surface area contributed by atoms with Crippen LogP contribution < -0.4 is 5.32 Å². The molecule has 0 aliphatic heterocycles. The third-order valence-corrected chi connectivity index (χ3v) is 3.33. The molecule has 0 spiro atoms. The van der Waals surface area contributed by atoms with Crippen LogP contribution in [0.4, 0.5) is 10.5 Å². The highest BCUT2D eigenvalue weighted by molar-refractivity contribution is 9.10. The number of carbonyl (C=O) groups excluding carboxylic acids is 1. The number of carboxylic acid groups (broad SMARTS) is 1. The largest absolute Gasteiger partial charge is 0.480 e. The summed E-state index contributed by atoms with van der Waals surface area (Å²) < 4.78 is 0.790. The van der Waals surface area contributed by atoms with Crippen LogP contribution >= 0.6 is 27.5 Å². The summed E-state index contributed by atoms with van der Waals surface area (Å²) in [5, 5.41) is 11.9. The summed E-state index contributed by atoms with van der Waals surface area (Å²) in [7, 11) is 0. The Labute approximate surface area is 131 Å². The number of hydrogen-bond acceptors (Lipinski definition) is 2. The average molecular weight is 364 g/mol. The van der Waals surface area contributed by atoms with E-state index in [9.17, 15) is 9.59 Å². The molecule has 0 saturated carbocycles. The molecule has 20 heavy (non-hydrogen) atoms. The maximum Gasteiger partial charge on any atom is 0.323 e. The number of hydrogen-bond donors (Lipinski definition) is 2. The molecular formula is C13H16BrClN2O3. The summed E-state index contributed by atoms with van der Waals surface area (Å²) in [6.45, 7) is 4.90. The molecule has 110 valence electrons. The summed E-state index contributed by atoms with van der Waals surface area (Å²) in [5.74, 6) is -1.07. The van der Waals surface area contributed by atoms with Gasteiger partial charge in [0.1, 0.15) is 6.54 Å². The van der Waals surface area contributed by atoms with E-state index in [-0.39, 0.29) is 6.54 Å². The molecule has 0 bridgehead atoms. The normalized spacial score (nSPS) is 11.1. The predicted octanol–water partition coefficient (Wildman–Crippen LogP) is 3.82. The maximum absolute atomic E-state index is 12.2. The van der Waals surface area contributed by atoms with Crippen LogP contribution in [0.5, 0.6) is 0 Å². The molecule has 0 fully saturated rings. The van der Waals surface area contributed by atoms with Crippen molar-refractivity contribution in [1.29, 1.82) is 0 Å². The van der Waals surface area contributed by atoms with Crippen molar-refractivity contribution < 1.29 is 14.7 Å². The summed E-state index contributed by atoms with van der Waals surface area (Å²) >= 11 is 9.29. The van der Waals surface area contributed by atoms with Crippen molar-refractivity contribution in [2.45, 2.75) is 26.3 Å². The van der Waals surface area contributed by atoms with Crippen molar-refractivity contribution in [2.24, 2.45) is 0 Å². The van der Waals surface area contributed by atoms with Gasteiger partial charge in [-0.25, -0.2) is 4.79 Å². The number of carboxylic acids is 1. The molecule has 1 aromatic carbocycles. The molecule has 1 rings (SSSR count). The van der Waals surface area contributed by atoms with Crippen LogP contribution in [0, 0.1) is 0 Å². The minimum atomic E-state index is -1.07. The van der Waals surface area contributed by atoms with Crippen LogP contribution in [0.25, 0.3) is 0 Å². The minimum absolute atomic E-state index is 0.372. The van der Waals surface area contributed by atoms with Crippen molar-refractivity contribution in [1.82, 2.24) is 4.90 Å². The van der Waals surface area contributed by atoms with Crippen molar-refractivity contribution in [3.63, 3.8) is 0 Å². The molecule has 0 unspecified atom stereocenters. The van der Waals surface area contributed by atoms with Gasteiger partial charge < -0.3 is 15.3 Å². The SMILES string of the molecule is CC(C)(C)N(CC(=O)O)C(=O)Nc1ccc(Br)cc1Cl. The van der Waals surface area contributed by atoms with Crippen LogP contribution in [0.3, 0.4) is 0 Å². The molecule has 0 aromatic heterocycles. The first-order valence-corrected chi connectivity index (χ1v) is 7.04. The molecule has 0 atom stereocenters.